The maximum Gasteiger partial charge on any atom is 0.225 e. The second-order valence-corrected chi connectivity index (χ2v) is 9.93. The van der Waals surface area contributed by atoms with E-state index in [-0.39, 0.29) is 5.78 Å². The lowest BCUT2D eigenvalue weighted by Gasteiger charge is -2.36. The molecule has 4 heterocycles. The highest BCUT2D eigenvalue weighted by molar-refractivity contribution is 6.28. The molecular formula is C28H29N7O2. The van der Waals surface area contributed by atoms with Crippen LogP contribution in [0.1, 0.15) is 28.8 Å². The fourth-order valence-corrected chi connectivity index (χ4v) is 5.88. The van der Waals surface area contributed by atoms with Gasteiger partial charge in [0.15, 0.2) is 11.5 Å². The zero-order valence-electron chi connectivity index (χ0n) is 20.7. The number of hydrogen-bond acceptors (Lipinski definition) is 9. The van der Waals surface area contributed by atoms with Crippen molar-refractivity contribution < 1.29 is 9.32 Å². The zero-order chi connectivity index (χ0) is 24.8. The van der Waals surface area contributed by atoms with Gasteiger partial charge in [0, 0.05) is 68.5 Å². The number of anilines is 3. The fraction of sp³-hybridized carbons (Fsp3) is 0.357. The Bertz CT molecular complexity index is 1450. The van der Waals surface area contributed by atoms with Crippen LogP contribution in [0.5, 0.6) is 0 Å². The van der Waals surface area contributed by atoms with Gasteiger partial charge in [0.1, 0.15) is 5.52 Å². The molecule has 2 aromatic carbocycles. The second-order valence-electron chi connectivity index (χ2n) is 9.93. The van der Waals surface area contributed by atoms with Crippen molar-refractivity contribution in [3.63, 3.8) is 0 Å². The highest BCUT2D eigenvalue weighted by Crippen LogP contribution is 2.45. The Kier molecular flexibility index (Phi) is 5.50. The SMILES string of the molecule is O=C1c2ccccc2-c2onc3c(N4CCN(c5ncccn5)CC4)cc(NCCN4CCCC4)c1c23. The fourth-order valence-electron chi connectivity index (χ4n) is 5.88. The molecule has 9 nitrogen and oxygen atoms in total. The molecule has 0 unspecified atom stereocenters. The number of ketones is 1. The lowest BCUT2D eigenvalue weighted by molar-refractivity contribution is 0.104. The van der Waals surface area contributed by atoms with Gasteiger partial charge in [-0.2, -0.15) is 0 Å². The molecule has 0 amide bonds. The molecule has 2 aliphatic heterocycles. The Morgan fingerprint density at radius 3 is 2.41 bits per heavy atom. The van der Waals surface area contributed by atoms with Gasteiger partial charge >= 0.3 is 0 Å². The van der Waals surface area contributed by atoms with Crippen LogP contribution >= 0.6 is 0 Å². The minimum atomic E-state index is 0.0255. The first-order valence-electron chi connectivity index (χ1n) is 13.1. The number of nitrogens with one attached hydrogen (secondary N) is 1. The minimum Gasteiger partial charge on any atom is -0.383 e. The molecule has 4 aromatic rings. The molecule has 3 aliphatic rings. The molecule has 0 atom stereocenters. The van der Waals surface area contributed by atoms with E-state index in [1.165, 1.54) is 12.8 Å². The number of aromatic nitrogens is 3. The molecule has 188 valence electrons. The summed E-state index contributed by atoms with van der Waals surface area (Å²) in [5, 5.41) is 8.96. The van der Waals surface area contributed by atoms with Crippen molar-refractivity contribution in [1.29, 1.82) is 0 Å². The summed E-state index contributed by atoms with van der Waals surface area (Å²) >= 11 is 0. The van der Waals surface area contributed by atoms with E-state index in [1.807, 2.05) is 30.3 Å². The summed E-state index contributed by atoms with van der Waals surface area (Å²) in [6, 6.07) is 11.6. The quantitative estimate of drug-likeness (QED) is 0.379. The van der Waals surface area contributed by atoms with Crippen molar-refractivity contribution in [2.45, 2.75) is 12.8 Å². The van der Waals surface area contributed by atoms with Crippen LogP contribution in [0.3, 0.4) is 0 Å². The summed E-state index contributed by atoms with van der Waals surface area (Å²) in [6.45, 7) is 7.25. The highest BCUT2D eigenvalue weighted by Gasteiger charge is 2.34. The predicted molar refractivity (Wildman–Crippen MR) is 143 cm³/mol. The Hall–Kier alpha value is -3.98. The number of hydrogen-bond donors (Lipinski definition) is 1. The first kappa shape index (κ1) is 22.2. The average molecular weight is 496 g/mol. The molecule has 0 spiro atoms. The highest BCUT2D eigenvalue weighted by atomic mass is 16.5. The van der Waals surface area contributed by atoms with Crippen molar-refractivity contribution in [2.75, 3.05) is 67.5 Å². The van der Waals surface area contributed by atoms with E-state index in [2.05, 4.69) is 41.2 Å². The van der Waals surface area contributed by atoms with E-state index in [0.717, 1.165) is 86.1 Å². The normalized spacial score (nSPS) is 17.5. The molecule has 0 saturated carbocycles. The maximum atomic E-state index is 13.8. The third-order valence-corrected chi connectivity index (χ3v) is 7.78. The number of piperazine rings is 1. The molecule has 9 heteroatoms. The Balaban J connectivity index is 1.26. The summed E-state index contributed by atoms with van der Waals surface area (Å²) in [5.74, 6) is 1.46. The summed E-state index contributed by atoms with van der Waals surface area (Å²) in [4.78, 5) is 29.6. The summed E-state index contributed by atoms with van der Waals surface area (Å²) in [6.07, 6.45) is 6.09. The summed E-state index contributed by atoms with van der Waals surface area (Å²) in [5.41, 5.74) is 4.76. The first-order valence-corrected chi connectivity index (χ1v) is 13.1. The van der Waals surface area contributed by atoms with Crippen LogP contribution in [0, 0.1) is 0 Å². The maximum absolute atomic E-state index is 13.8. The molecule has 1 N–H and O–H groups in total. The largest absolute Gasteiger partial charge is 0.383 e. The van der Waals surface area contributed by atoms with E-state index in [1.54, 1.807) is 12.4 Å². The number of nitrogens with zero attached hydrogens (tertiary/aromatic N) is 6. The van der Waals surface area contributed by atoms with E-state index < -0.39 is 0 Å². The number of benzene rings is 2. The standard InChI is InChI=1S/C28H29N7O2/c36-26-19-6-1-2-7-20(19)27-24-23(26)21(29-10-13-33-11-3-4-12-33)18-22(25(24)32-37-27)34-14-16-35(17-15-34)28-30-8-5-9-31-28/h1-2,5-9,18,29H,3-4,10-17H2. The van der Waals surface area contributed by atoms with Gasteiger partial charge in [0.05, 0.1) is 16.6 Å². The van der Waals surface area contributed by atoms with Gasteiger partial charge in [0.25, 0.3) is 0 Å². The van der Waals surface area contributed by atoms with Crippen LogP contribution in [0.2, 0.25) is 0 Å². The molecule has 1 aliphatic carbocycles. The van der Waals surface area contributed by atoms with Gasteiger partial charge in [-0.3, -0.25) is 4.79 Å². The predicted octanol–water partition coefficient (Wildman–Crippen LogP) is 3.66. The lowest BCUT2D eigenvalue weighted by atomic mass is 9.86. The average Bonchev–Trinajstić information content (AvgIpc) is 3.63. The van der Waals surface area contributed by atoms with Crippen LogP contribution < -0.4 is 15.1 Å². The molecule has 0 bridgehead atoms. The van der Waals surface area contributed by atoms with Crippen LogP contribution in [-0.4, -0.2) is 78.2 Å². The first-order chi connectivity index (χ1) is 18.3. The number of likely N-dealkylation sites (tertiary alicyclic amines) is 1. The van der Waals surface area contributed by atoms with Crippen molar-refractivity contribution >= 4 is 34.0 Å². The molecular weight excluding hydrogens is 466 g/mol. The Morgan fingerprint density at radius 1 is 0.892 bits per heavy atom. The molecule has 2 fully saturated rings. The van der Waals surface area contributed by atoms with Gasteiger partial charge in [-0.25, -0.2) is 9.97 Å². The van der Waals surface area contributed by atoms with E-state index in [4.69, 9.17) is 4.52 Å². The third-order valence-electron chi connectivity index (χ3n) is 7.78. The Morgan fingerprint density at radius 2 is 1.62 bits per heavy atom. The summed E-state index contributed by atoms with van der Waals surface area (Å²) in [7, 11) is 0. The number of fused-ring (bicyclic) bond motifs is 2. The number of carbonyl (C=O) groups excluding carboxylic acids is 1. The second kappa shape index (κ2) is 9.15. The monoisotopic (exact) mass is 495 g/mol. The van der Waals surface area contributed by atoms with Gasteiger partial charge in [-0.05, 0) is 38.1 Å². The summed E-state index contributed by atoms with van der Waals surface area (Å²) < 4.78 is 5.94. The number of rotatable bonds is 6. The van der Waals surface area contributed by atoms with E-state index >= 15 is 0 Å². The van der Waals surface area contributed by atoms with Crippen LogP contribution in [-0.2, 0) is 0 Å². The smallest absolute Gasteiger partial charge is 0.225 e. The van der Waals surface area contributed by atoms with Crippen molar-refractivity contribution in [3.05, 3.63) is 59.9 Å². The minimum absolute atomic E-state index is 0.0255. The molecule has 7 rings (SSSR count). The van der Waals surface area contributed by atoms with Gasteiger partial charge < -0.3 is 24.5 Å². The molecule has 2 saturated heterocycles. The Labute approximate surface area is 215 Å². The van der Waals surface area contributed by atoms with E-state index in [9.17, 15) is 4.79 Å². The van der Waals surface area contributed by atoms with Crippen molar-refractivity contribution in [1.82, 2.24) is 20.0 Å². The molecule has 2 aromatic heterocycles. The lowest BCUT2D eigenvalue weighted by Crippen LogP contribution is -2.47. The van der Waals surface area contributed by atoms with Gasteiger partial charge in [-0.15, -0.1) is 0 Å². The third kappa shape index (κ3) is 3.81. The molecule has 0 radical (unpaired) electrons. The van der Waals surface area contributed by atoms with E-state index in [0.29, 0.717) is 16.9 Å². The zero-order valence-corrected chi connectivity index (χ0v) is 20.7. The van der Waals surface area contributed by atoms with Crippen LogP contribution in [0.25, 0.3) is 22.2 Å². The molecule has 37 heavy (non-hydrogen) atoms. The van der Waals surface area contributed by atoms with Crippen LogP contribution in [0.4, 0.5) is 17.3 Å². The van der Waals surface area contributed by atoms with Crippen molar-refractivity contribution in [2.24, 2.45) is 0 Å². The topological polar surface area (TPSA) is 90.6 Å². The number of carbonyl (C=O) groups is 1. The van der Waals surface area contributed by atoms with Gasteiger partial charge in [-0.1, -0.05) is 29.4 Å². The van der Waals surface area contributed by atoms with Crippen molar-refractivity contribution in [3.8, 4) is 11.3 Å². The van der Waals surface area contributed by atoms with Crippen LogP contribution in [0.15, 0.2) is 53.3 Å². The van der Waals surface area contributed by atoms with Gasteiger partial charge in [0.2, 0.25) is 5.95 Å².